The zero-order chi connectivity index (χ0) is 21.2. The van der Waals surface area contributed by atoms with Gasteiger partial charge in [0.1, 0.15) is 11.5 Å². The molecule has 0 spiro atoms. The number of carbonyl (C=O) groups excluding carboxylic acids is 1. The van der Waals surface area contributed by atoms with Crippen LogP contribution >= 0.6 is 0 Å². The maximum Gasteiger partial charge on any atom is 0.416 e. The van der Waals surface area contributed by atoms with Crippen LogP contribution < -0.4 is 0 Å². The highest BCUT2D eigenvalue weighted by Crippen LogP contribution is 2.31. The Bertz CT molecular complexity index is 1070. The molecule has 0 aliphatic rings. The highest BCUT2D eigenvalue weighted by Gasteiger charge is 2.32. The van der Waals surface area contributed by atoms with Crippen molar-refractivity contribution < 1.29 is 22.4 Å². The smallest absolute Gasteiger partial charge is 0.383 e. The summed E-state index contributed by atoms with van der Waals surface area (Å²) in [5.41, 5.74) is -1.26. The summed E-state index contributed by atoms with van der Waals surface area (Å²) < 4.78 is 54.3. The first-order chi connectivity index (χ1) is 13.7. The number of para-hydroxylation sites is 1. The van der Waals surface area contributed by atoms with Crippen LogP contribution in [0.3, 0.4) is 0 Å². The minimum Gasteiger partial charge on any atom is -0.383 e. The molecule has 0 saturated carbocycles. The number of tetrazole rings is 1. The van der Waals surface area contributed by atoms with E-state index in [9.17, 15) is 22.4 Å². The SMILES string of the molecule is CN(C)C=C(C(=O)c1cccc(C(F)(F)F)c1)c1nnnn1-c1ccccc1F. The highest BCUT2D eigenvalue weighted by atomic mass is 19.4. The largest absolute Gasteiger partial charge is 0.416 e. The summed E-state index contributed by atoms with van der Waals surface area (Å²) in [4.78, 5) is 14.6. The highest BCUT2D eigenvalue weighted by molar-refractivity contribution is 6.28. The predicted molar refractivity (Wildman–Crippen MR) is 96.6 cm³/mol. The van der Waals surface area contributed by atoms with Crippen LogP contribution in [-0.4, -0.2) is 45.0 Å². The van der Waals surface area contributed by atoms with Crippen molar-refractivity contribution in [2.45, 2.75) is 6.18 Å². The lowest BCUT2D eigenvalue weighted by atomic mass is 10.0. The maximum absolute atomic E-state index is 14.2. The van der Waals surface area contributed by atoms with E-state index in [4.69, 9.17) is 0 Å². The third-order valence-corrected chi connectivity index (χ3v) is 3.88. The second kappa shape index (κ2) is 7.82. The number of allylic oxidation sites excluding steroid dienone is 1. The van der Waals surface area contributed by atoms with Crippen molar-refractivity contribution in [1.82, 2.24) is 25.1 Å². The van der Waals surface area contributed by atoms with E-state index in [1.165, 1.54) is 35.4 Å². The molecule has 2 aromatic carbocycles. The first kappa shape index (κ1) is 20.2. The molecule has 1 aromatic heterocycles. The summed E-state index contributed by atoms with van der Waals surface area (Å²) in [6.07, 6.45) is -3.23. The maximum atomic E-state index is 14.2. The standard InChI is InChI=1S/C19H15F4N5O/c1-27(2)11-14(17(29)12-6-5-7-13(10-12)19(21,22)23)18-24-25-26-28(18)16-9-4-3-8-15(16)20/h3-11H,1-2H3. The van der Waals surface area contributed by atoms with Gasteiger partial charge in [-0.1, -0.05) is 24.3 Å². The molecular weight excluding hydrogens is 390 g/mol. The summed E-state index contributed by atoms with van der Waals surface area (Å²) in [5, 5.41) is 11.0. The van der Waals surface area contributed by atoms with Gasteiger partial charge in [-0.3, -0.25) is 4.79 Å². The van der Waals surface area contributed by atoms with E-state index in [0.29, 0.717) is 0 Å². The molecular formula is C19H15F4N5O. The molecule has 0 amide bonds. The van der Waals surface area contributed by atoms with Gasteiger partial charge in [-0.25, -0.2) is 4.39 Å². The van der Waals surface area contributed by atoms with E-state index in [-0.39, 0.29) is 22.6 Å². The van der Waals surface area contributed by atoms with Crippen LogP contribution in [0.4, 0.5) is 17.6 Å². The van der Waals surface area contributed by atoms with Gasteiger partial charge in [0.25, 0.3) is 0 Å². The summed E-state index contributed by atoms with van der Waals surface area (Å²) in [6, 6.07) is 9.68. The van der Waals surface area contributed by atoms with E-state index >= 15 is 0 Å². The van der Waals surface area contributed by atoms with Crippen molar-refractivity contribution in [3.8, 4) is 5.69 Å². The molecule has 3 rings (SSSR count). The molecule has 0 aliphatic carbocycles. The Morgan fingerprint density at radius 2 is 1.83 bits per heavy atom. The first-order valence-corrected chi connectivity index (χ1v) is 8.32. The molecule has 6 nitrogen and oxygen atoms in total. The van der Waals surface area contributed by atoms with Gasteiger partial charge in [-0.2, -0.15) is 17.9 Å². The number of carbonyl (C=O) groups is 1. The van der Waals surface area contributed by atoms with Crippen LogP contribution in [0.25, 0.3) is 11.3 Å². The average Bonchev–Trinajstić information content (AvgIpc) is 3.14. The number of aromatic nitrogens is 4. The van der Waals surface area contributed by atoms with Gasteiger partial charge in [0.05, 0.1) is 11.1 Å². The fourth-order valence-corrected chi connectivity index (χ4v) is 2.61. The van der Waals surface area contributed by atoms with Crippen LogP contribution in [0, 0.1) is 5.82 Å². The third kappa shape index (κ3) is 4.31. The minimum absolute atomic E-state index is 0.00556. The van der Waals surface area contributed by atoms with Gasteiger partial charge in [0, 0.05) is 25.9 Å². The third-order valence-electron chi connectivity index (χ3n) is 3.88. The Labute approximate surface area is 163 Å². The second-order valence-corrected chi connectivity index (χ2v) is 6.28. The van der Waals surface area contributed by atoms with Crippen molar-refractivity contribution >= 4 is 11.4 Å². The molecule has 0 N–H and O–H groups in total. The van der Waals surface area contributed by atoms with Crippen LogP contribution in [0.1, 0.15) is 21.7 Å². The lowest BCUT2D eigenvalue weighted by Crippen LogP contribution is -2.15. The Morgan fingerprint density at radius 1 is 1.10 bits per heavy atom. The Kier molecular flexibility index (Phi) is 5.44. The minimum atomic E-state index is -4.60. The summed E-state index contributed by atoms with van der Waals surface area (Å²) in [6.45, 7) is 0. The Balaban J connectivity index is 2.12. The number of nitrogens with zero attached hydrogens (tertiary/aromatic N) is 5. The normalized spacial score (nSPS) is 12.1. The van der Waals surface area contributed by atoms with Gasteiger partial charge in [0.2, 0.25) is 0 Å². The molecule has 0 atom stereocenters. The lowest BCUT2D eigenvalue weighted by molar-refractivity contribution is -0.137. The number of ketones is 1. The van der Waals surface area contributed by atoms with Gasteiger partial charge in [-0.15, -0.1) is 5.10 Å². The van der Waals surface area contributed by atoms with E-state index in [2.05, 4.69) is 15.5 Å². The van der Waals surface area contributed by atoms with E-state index in [0.717, 1.165) is 22.9 Å². The van der Waals surface area contributed by atoms with Gasteiger partial charge in [-0.05, 0) is 34.7 Å². The van der Waals surface area contributed by atoms with Crippen LogP contribution in [0.5, 0.6) is 0 Å². The first-order valence-electron chi connectivity index (χ1n) is 8.32. The second-order valence-electron chi connectivity index (χ2n) is 6.28. The number of hydrogen-bond donors (Lipinski definition) is 0. The molecule has 0 bridgehead atoms. The molecule has 3 aromatic rings. The number of halogens is 4. The van der Waals surface area contributed by atoms with Crippen molar-refractivity contribution in [2.75, 3.05) is 14.1 Å². The van der Waals surface area contributed by atoms with Gasteiger partial charge >= 0.3 is 6.18 Å². The van der Waals surface area contributed by atoms with Crippen molar-refractivity contribution in [1.29, 1.82) is 0 Å². The van der Waals surface area contributed by atoms with Crippen LogP contribution in [0.2, 0.25) is 0 Å². The molecule has 150 valence electrons. The molecule has 0 saturated heterocycles. The molecule has 29 heavy (non-hydrogen) atoms. The molecule has 1 heterocycles. The lowest BCUT2D eigenvalue weighted by Gasteiger charge is -2.13. The number of benzene rings is 2. The van der Waals surface area contributed by atoms with Crippen LogP contribution in [0.15, 0.2) is 54.7 Å². The van der Waals surface area contributed by atoms with Crippen molar-refractivity contribution in [3.63, 3.8) is 0 Å². The quantitative estimate of drug-likeness (QED) is 0.369. The van der Waals surface area contributed by atoms with Crippen LogP contribution in [-0.2, 0) is 6.18 Å². The summed E-state index contributed by atoms with van der Waals surface area (Å²) in [7, 11) is 3.24. The average molecular weight is 405 g/mol. The molecule has 0 fully saturated rings. The number of Topliss-reactive ketones (excluding diaryl/α,β-unsaturated/α-hetero) is 1. The van der Waals surface area contributed by atoms with Crippen molar-refractivity contribution in [2.24, 2.45) is 0 Å². The Hall–Kier alpha value is -3.56. The van der Waals surface area contributed by atoms with Gasteiger partial charge < -0.3 is 4.90 Å². The number of rotatable bonds is 5. The van der Waals surface area contributed by atoms with Crippen molar-refractivity contribution in [3.05, 3.63) is 77.5 Å². The summed E-state index contributed by atoms with van der Waals surface area (Å²) in [5.74, 6) is -1.47. The van der Waals surface area contributed by atoms with E-state index < -0.39 is 23.3 Å². The summed E-state index contributed by atoms with van der Waals surface area (Å²) >= 11 is 0. The number of alkyl halides is 3. The topological polar surface area (TPSA) is 63.9 Å². The fraction of sp³-hybridized carbons (Fsp3) is 0.158. The van der Waals surface area contributed by atoms with E-state index in [1.54, 1.807) is 20.2 Å². The molecule has 0 aliphatic heterocycles. The predicted octanol–water partition coefficient (Wildman–Crippen LogP) is 3.61. The fourth-order valence-electron chi connectivity index (χ4n) is 2.61. The molecule has 10 heteroatoms. The monoisotopic (exact) mass is 405 g/mol. The Morgan fingerprint density at radius 3 is 2.48 bits per heavy atom. The van der Waals surface area contributed by atoms with E-state index in [1.807, 2.05) is 0 Å². The molecule has 0 unspecified atom stereocenters. The van der Waals surface area contributed by atoms with Gasteiger partial charge in [0.15, 0.2) is 11.6 Å². The zero-order valence-corrected chi connectivity index (χ0v) is 15.4. The molecule has 0 radical (unpaired) electrons. The number of hydrogen-bond acceptors (Lipinski definition) is 5. The zero-order valence-electron chi connectivity index (χ0n) is 15.4.